The summed E-state index contributed by atoms with van der Waals surface area (Å²) in [5.74, 6) is -0.410. The Bertz CT molecular complexity index is 1510. The second kappa shape index (κ2) is 10.7. The first kappa shape index (κ1) is 24.8. The standard InChI is InChI=1S/C32H30FN5O/c1-35-18-8-13-29(35)28-23-30(38(34-28)27-16-14-26(33)15-17-27)32(39)37-21-19-36(20-22-37)31(24-9-4-2-5-10-24)25-11-6-3-7-12-25/h2-18,23,31H,19-22H2,1H3. The van der Waals surface area contributed by atoms with Crippen LogP contribution in [0.3, 0.4) is 0 Å². The molecule has 1 aliphatic heterocycles. The summed E-state index contributed by atoms with van der Waals surface area (Å²) in [6, 6.07) is 33.0. The maximum atomic E-state index is 13.9. The number of nitrogens with zero attached hydrogens (tertiary/aromatic N) is 5. The van der Waals surface area contributed by atoms with Crippen LogP contribution in [-0.2, 0) is 7.05 Å². The Morgan fingerprint density at radius 1 is 0.795 bits per heavy atom. The maximum Gasteiger partial charge on any atom is 0.272 e. The fraction of sp³-hybridized carbons (Fsp3) is 0.188. The van der Waals surface area contributed by atoms with Crippen LogP contribution < -0.4 is 0 Å². The third-order valence-electron chi connectivity index (χ3n) is 7.40. The predicted octanol–water partition coefficient (Wildman–Crippen LogP) is 5.56. The van der Waals surface area contributed by atoms with Gasteiger partial charge in [-0.2, -0.15) is 5.10 Å². The van der Waals surface area contributed by atoms with E-state index in [4.69, 9.17) is 5.10 Å². The summed E-state index contributed by atoms with van der Waals surface area (Å²) in [4.78, 5) is 18.3. The lowest BCUT2D eigenvalue weighted by atomic mass is 9.96. The van der Waals surface area contributed by atoms with Crippen LogP contribution in [0.1, 0.15) is 27.7 Å². The fourth-order valence-corrected chi connectivity index (χ4v) is 5.39. The molecule has 6 nitrogen and oxygen atoms in total. The number of halogens is 1. The molecule has 3 aromatic carbocycles. The first-order chi connectivity index (χ1) is 19.1. The molecule has 1 fully saturated rings. The fourth-order valence-electron chi connectivity index (χ4n) is 5.39. The summed E-state index contributed by atoms with van der Waals surface area (Å²) in [6.07, 6.45) is 1.95. The van der Waals surface area contributed by atoms with Gasteiger partial charge in [0.2, 0.25) is 0 Å². The molecule has 0 atom stereocenters. The zero-order valence-electron chi connectivity index (χ0n) is 21.8. The van der Waals surface area contributed by atoms with Crippen molar-refractivity contribution < 1.29 is 9.18 Å². The molecule has 196 valence electrons. The number of aromatic nitrogens is 3. The molecule has 0 radical (unpaired) electrons. The van der Waals surface area contributed by atoms with Crippen molar-refractivity contribution >= 4 is 5.91 Å². The van der Waals surface area contributed by atoms with Gasteiger partial charge in [-0.15, -0.1) is 0 Å². The number of hydrogen-bond acceptors (Lipinski definition) is 3. The molecule has 0 aliphatic carbocycles. The third-order valence-corrected chi connectivity index (χ3v) is 7.40. The van der Waals surface area contributed by atoms with Crippen molar-refractivity contribution in [3.8, 4) is 17.1 Å². The van der Waals surface area contributed by atoms with E-state index < -0.39 is 0 Å². The van der Waals surface area contributed by atoms with Gasteiger partial charge < -0.3 is 9.47 Å². The number of aryl methyl sites for hydroxylation is 1. The first-order valence-electron chi connectivity index (χ1n) is 13.2. The van der Waals surface area contributed by atoms with E-state index in [1.807, 2.05) is 53.0 Å². The molecular weight excluding hydrogens is 489 g/mol. The summed E-state index contributed by atoms with van der Waals surface area (Å²) >= 11 is 0. The Morgan fingerprint density at radius 3 is 1.97 bits per heavy atom. The normalized spacial score (nSPS) is 14.2. The van der Waals surface area contributed by atoms with Gasteiger partial charge in [-0.05, 0) is 53.6 Å². The summed E-state index contributed by atoms with van der Waals surface area (Å²) in [7, 11) is 1.95. The Balaban J connectivity index is 1.27. The van der Waals surface area contributed by atoms with Crippen molar-refractivity contribution in [3.63, 3.8) is 0 Å². The molecule has 1 saturated heterocycles. The molecule has 7 heteroatoms. The molecule has 6 rings (SSSR count). The third kappa shape index (κ3) is 5.01. The number of carbonyl (C=O) groups excluding carboxylic acids is 1. The van der Waals surface area contributed by atoms with Gasteiger partial charge in [-0.1, -0.05) is 60.7 Å². The Labute approximate surface area is 227 Å². The van der Waals surface area contributed by atoms with Crippen molar-refractivity contribution in [2.45, 2.75) is 6.04 Å². The molecule has 2 aromatic heterocycles. The maximum absolute atomic E-state index is 13.9. The van der Waals surface area contributed by atoms with Crippen LogP contribution in [0.25, 0.3) is 17.1 Å². The van der Waals surface area contributed by atoms with Crippen LogP contribution in [0.5, 0.6) is 0 Å². The van der Waals surface area contributed by atoms with Crippen molar-refractivity contribution in [1.82, 2.24) is 24.1 Å². The average Bonchev–Trinajstić information content (AvgIpc) is 3.61. The second-order valence-corrected chi connectivity index (χ2v) is 9.86. The highest BCUT2D eigenvalue weighted by Crippen LogP contribution is 2.30. The molecule has 1 aliphatic rings. The van der Waals surface area contributed by atoms with Crippen molar-refractivity contribution in [3.05, 3.63) is 132 Å². The van der Waals surface area contributed by atoms with E-state index in [2.05, 4.69) is 53.4 Å². The van der Waals surface area contributed by atoms with Crippen LogP contribution >= 0.6 is 0 Å². The van der Waals surface area contributed by atoms with Crippen LogP contribution in [0.2, 0.25) is 0 Å². The number of amides is 1. The van der Waals surface area contributed by atoms with E-state index in [1.165, 1.54) is 23.3 Å². The van der Waals surface area contributed by atoms with E-state index in [9.17, 15) is 9.18 Å². The summed E-state index contributed by atoms with van der Waals surface area (Å²) < 4.78 is 17.3. The average molecular weight is 520 g/mol. The predicted molar refractivity (Wildman–Crippen MR) is 150 cm³/mol. The minimum atomic E-state index is -0.330. The van der Waals surface area contributed by atoms with Crippen molar-refractivity contribution in [1.29, 1.82) is 0 Å². The van der Waals surface area contributed by atoms with Gasteiger partial charge in [0.25, 0.3) is 5.91 Å². The zero-order chi connectivity index (χ0) is 26.8. The minimum absolute atomic E-state index is 0.0806. The topological polar surface area (TPSA) is 46.3 Å². The van der Waals surface area contributed by atoms with Gasteiger partial charge in [0.05, 0.1) is 17.4 Å². The van der Waals surface area contributed by atoms with Gasteiger partial charge >= 0.3 is 0 Å². The van der Waals surface area contributed by atoms with Gasteiger partial charge in [0.1, 0.15) is 17.2 Å². The molecule has 0 N–H and O–H groups in total. The quantitative estimate of drug-likeness (QED) is 0.295. The number of carbonyl (C=O) groups is 1. The molecule has 39 heavy (non-hydrogen) atoms. The van der Waals surface area contributed by atoms with Crippen LogP contribution in [0.15, 0.2) is 109 Å². The molecule has 5 aromatic rings. The second-order valence-electron chi connectivity index (χ2n) is 9.86. The van der Waals surface area contributed by atoms with Crippen molar-refractivity contribution in [2.24, 2.45) is 7.05 Å². The molecule has 3 heterocycles. The highest BCUT2D eigenvalue weighted by molar-refractivity contribution is 5.94. The largest absolute Gasteiger partial charge is 0.349 e. The molecule has 0 unspecified atom stereocenters. The van der Waals surface area contributed by atoms with Gasteiger partial charge in [0.15, 0.2) is 0 Å². The monoisotopic (exact) mass is 519 g/mol. The summed E-state index contributed by atoms with van der Waals surface area (Å²) in [6.45, 7) is 2.69. The minimum Gasteiger partial charge on any atom is -0.349 e. The number of hydrogen-bond donors (Lipinski definition) is 0. The van der Waals surface area contributed by atoms with E-state index >= 15 is 0 Å². The molecule has 0 saturated carbocycles. The molecule has 0 spiro atoms. The Hall–Kier alpha value is -4.49. The number of rotatable bonds is 6. The Morgan fingerprint density at radius 2 is 1.41 bits per heavy atom. The first-order valence-corrected chi connectivity index (χ1v) is 13.2. The zero-order valence-corrected chi connectivity index (χ0v) is 21.8. The van der Waals surface area contributed by atoms with E-state index in [-0.39, 0.29) is 17.8 Å². The summed E-state index contributed by atoms with van der Waals surface area (Å²) in [5, 5.41) is 4.77. The van der Waals surface area contributed by atoms with E-state index in [0.717, 1.165) is 18.8 Å². The van der Waals surface area contributed by atoms with Crippen molar-refractivity contribution in [2.75, 3.05) is 26.2 Å². The SMILES string of the molecule is Cn1cccc1-c1cc(C(=O)N2CCN(C(c3ccccc3)c3ccccc3)CC2)n(-c2ccc(F)cc2)n1. The molecular formula is C32H30FN5O. The number of benzene rings is 3. The molecule has 1 amide bonds. The van der Waals surface area contributed by atoms with E-state index in [1.54, 1.807) is 16.8 Å². The highest BCUT2D eigenvalue weighted by Gasteiger charge is 2.30. The lowest BCUT2D eigenvalue weighted by Gasteiger charge is -2.39. The number of piperazine rings is 1. The van der Waals surface area contributed by atoms with Gasteiger partial charge in [-0.3, -0.25) is 9.69 Å². The van der Waals surface area contributed by atoms with E-state index in [0.29, 0.717) is 30.2 Å². The van der Waals surface area contributed by atoms with Gasteiger partial charge in [-0.25, -0.2) is 9.07 Å². The Kier molecular flexibility index (Phi) is 6.82. The highest BCUT2D eigenvalue weighted by atomic mass is 19.1. The van der Waals surface area contributed by atoms with Crippen LogP contribution in [-0.4, -0.2) is 56.2 Å². The summed E-state index contributed by atoms with van der Waals surface area (Å²) in [5.41, 5.74) is 5.20. The molecule has 0 bridgehead atoms. The van der Waals surface area contributed by atoms with Crippen LogP contribution in [0.4, 0.5) is 4.39 Å². The lowest BCUT2D eigenvalue weighted by molar-refractivity contribution is 0.0589. The van der Waals surface area contributed by atoms with Crippen LogP contribution in [0, 0.1) is 5.82 Å². The lowest BCUT2D eigenvalue weighted by Crippen LogP contribution is -2.50. The smallest absolute Gasteiger partial charge is 0.272 e. The van der Waals surface area contributed by atoms with Gasteiger partial charge in [0, 0.05) is 39.4 Å².